The summed E-state index contributed by atoms with van der Waals surface area (Å²) in [4.78, 5) is 25.5. The van der Waals surface area contributed by atoms with Crippen LogP contribution in [0.4, 0.5) is 0 Å². The van der Waals surface area contributed by atoms with Crippen LogP contribution in [0.1, 0.15) is 32.5 Å². The summed E-state index contributed by atoms with van der Waals surface area (Å²) in [5.74, 6) is 2.59. The van der Waals surface area contributed by atoms with Crippen molar-refractivity contribution in [3.8, 4) is 0 Å². The van der Waals surface area contributed by atoms with Gasteiger partial charge in [-0.25, -0.2) is 4.98 Å². The highest BCUT2D eigenvalue weighted by Gasteiger charge is 2.30. The number of aromatic nitrogens is 2. The van der Waals surface area contributed by atoms with E-state index in [-0.39, 0.29) is 12.0 Å². The van der Waals surface area contributed by atoms with Crippen molar-refractivity contribution < 1.29 is 9.53 Å². The maximum atomic E-state index is 12.5. The lowest BCUT2D eigenvalue weighted by Gasteiger charge is -2.37. The third-order valence-electron chi connectivity index (χ3n) is 5.08. The normalized spacial score (nSPS) is 21.2. The quantitative estimate of drug-likeness (QED) is 0.611. The molecule has 0 saturated carbocycles. The van der Waals surface area contributed by atoms with Gasteiger partial charge in [0.15, 0.2) is 5.96 Å². The van der Waals surface area contributed by atoms with Gasteiger partial charge in [-0.15, -0.1) is 0 Å². The van der Waals surface area contributed by atoms with Crippen molar-refractivity contribution in [1.82, 2.24) is 24.7 Å². The molecule has 1 unspecified atom stereocenters. The van der Waals surface area contributed by atoms with Crippen LogP contribution in [0.5, 0.6) is 0 Å². The van der Waals surface area contributed by atoms with Crippen LogP contribution in [0.2, 0.25) is 0 Å². The van der Waals surface area contributed by atoms with Gasteiger partial charge in [-0.3, -0.25) is 9.79 Å². The minimum absolute atomic E-state index is 0.144. The fourth-order valence-electron chi connectivity index (χ4n) is 3.67. The monoisotopic (exact) mass is 376 g/mol. The van der Waals surface area contributed by atoms with Crippen LogP contribution < -0.4 is 5.32 Å². The van der Waals surface area contributed by atoms with Crippen LogP contribution in [0.3, 0.4) is 0 Å². The lowest BCUT2D eigenvalue weighted by atomic mass is 10.2. The SMILES string of the molecule is CN=C(NCc1nccn1CC(C)C)N1CCN(C(=O)C2CCCO2)CC1. The molecule has 150 valence electrons. The molecule has 3 rings (SSSR count). The predicted octanol–water partition coefficient (Wildman–Crippen LogP) is 0.938. The molecule has 1 N–H and O–H groups in total. The molecule has 3 heterocycles. The lowest BCUT2D eigenvalue weighted by Crippen LogP contribution is -2.55. The molecule has 27 heavy (non-hydrogen) atoms. The summed E-state index contributed by atoms with van der Waals surface area (Å²) in [5, 5.41) is 3.42. The van der Waals surface area contributed by atoms with E-state index in [0.29, 0.717) is 32.2 Å². The Morgan fingerprint density at radius 3 is 2.70 bits per heavy atom. The molecule has 1 aromatic heterocycles. The summed E-state index contributed by atoms with van der Waals surface area (Å²) in [6.07, 6.45) is 5.48. The fourth-order valence-corrected chi connectivity index (χ4v) is 3.67. The van der Waals surface area contributed by atoms with Crippen LogP contribution >= 0.6 is 0 Å². The van der Waals surface area contributed by atoms with E-state index in [1.165, 1.54) is 0 Å². The van der Waals surface area contributed by atoms with Gasteiger partial charge in [0.05, 0.1) is 6.54 Å². The van der Waals surface area contributed by atoms with Gasteiger partial charge >= 0.3 is 0 Å². The molecule has 0 spiro atoms. The zero-order valence-electron chi connectivity index (χ0n) is 16.7. The van der Waals surface area contributed by atoms with Gasteiger partial charge in [-0.05, 0) is 18.8 Å². The first-order valence-electron chi connectivity index (χ1n) is 9.94. The van der Waals surface area contributed by atoms with E-state index in [1.54, 1.807) is 7.05 Å². The van der Waals surface area contributed by atoms with Crippen LogP contribution in [0.25, 0.3) is 0 Å². The Balaban J connectivity index is 1.49. The highest BCUT2D eigenvalue weighted by Crippen LogP contribution is 2.16. The molecular weight excluding hydrogens is 344 g/mol. The molecule has 1 aromatic rings. The second kappa shape index (κ2) is 9.21. The number of nitrogens with one attached hydrogen (secondary N) is 1. The minimum atomic E-state index is -0.228. The van der Waals surface area contributed by atoms with E-state index in [0.717, 1.165) is 44.3 Å². The molecule has 0 radical (unpaired) electrons. The first kappa shape index (κ1) is 19.7. The van der Waals surface area contributed by atoms with Crippen molar-refractivity contribution >= 4 is 11.9 Å². The highest BCUT2D eigenvalue weighted by molar-refractivity contribution is 5.82. The van der Waals surface area contributed by atoms with E-state index in [2.05, 4.69) is 38.6 Å². The number of guanidine groups is 1. The number of hydrogen-bond acceptors (Lipinski definition) is 4. The first-order chi connectivity index (χ1) is 13.1. The number of piperazine rings is 1. The largest absolute Gasteiger partial charge is 0.368 e. The average molecular weight is 377 g/mol. The van der Waals surface area contributed by atoms with E-state index in [9.17, 15) is 4.79 Å². The number of rotatable bonds is 5. The summed E-state index contributed by atoms with van der Waals surface area (Å²) >= 11 is 0. The summed E-state index contributed by atoms with van der Waals surface area (Å²) in [5.41, 5.74) is 0. The highest BCUT2D eigenvalue weighted by atomic mass is 16.5. The molecular formula is C19H32N6O2. The molecule has 0 aliphatic carbocycles. The summed E-state index contributed by atoms with van der Waals surface area (Å²) < 4.78 is 7.72. The van der Waals surface area contributed by atoms with Crippen molar-refractivity contribution in [3.63, 3.8) is 0 Å². The van der Waals surface area contributed by atoms with Crippen LogP contribution in [0, 0.1) is 5.92 Å². The van der Waals surface area contributed by atoms with Crippen LogP contribution in [-0.2, 0) is 22.6 Å². The Morgan fingerprint density at radius 1 is 1.33 bits per heavy atom. The number of carbonyl (C=O) groups excluding carboxylic acids is 1. The van der Waals surface area contributed by atoms with Crippen LogP contribution in [-0.4, -0.2) is 77.2 Å². The number of carbonyl (C=O) groups is 1. The molecule has 2 aliphatic heterocycles. The van der Waals surface area contributed by atoms with Gasteiger partial charge in [-0.1, -0.05) is 13.8 Å². The number of hydrogen-bond donors (Lipinski definition) is 1. The van der Waals surface area contributed by atoms with Crippen molar-refractivity contribution in [2.75, 3.05) is 39.8 Å². The van der Waals surface area contributed by atoms with Gasteiger partial charge in [0, 0.05) is 58.8 Å². The Hall–Kier alpha value is -2.09. The second-order valence-corrected chi connectivity index (χ2v) is 7.60. The van der Waals surface area contributed by atoms with Crippen LogP contribution in [0.15, 0.2) is 17.4 Å². The molecule has 1 amide bonds. The predicted molar refractivity (Wildman–Crippen MR) is 104 cm³/mol. The van der Waals surface area contributed by atoms with E-state index in [1.807, 2.05) is 17.3 Å². The summed E-state index contributed by atoms with van der Waals surface area (Å²) in [6, 6.07) is 0. The number of nitrogens with zero attached hydrogens (tertiary/aromatic N) is 5. The minimum Gasteiger partial charge on any atom is -0.368 e. The molecule has 0 aromatic carbocycles. The topological polar surface area (TPSA) is 75.0 Å². The Bertz CT molecular complexity index is 642. The van der Waals surface area contributed by atoms with E-state index >= 15 is 0 Å². The smallest absolute Gasteiger partial charge is 0.251 e. The molecule has 2 fully saturated rings. The van der Waals surface area contributed by atoms with Crippen molar-refractivity contribution in [2.45, 2.75) is 45.9 Å². The summed E-state index contributed by atoms with van der Waals surface area (Å²) in [7, 11) is 1.80. The second-order valence-electron chi connectivity index (χ2n) is 7.60. The fraction of sp³-hybridized carbons (Fsp3) is 0.737. The van der Waals surface area contributed by atoms with E-state index in [4.69, 9.17) is 4.74 Å². The number of amides is 1. The van der Waals surface area contributed by atoms with Gasteiger partial charge in [0.2, 0.25) is 0 Å². The Kier molecular flexibility index (Phi) is 6.71. The number of aliphatic imine (C=N–C) groups is 1. The standard InChI is InChI=1S/C19H32N6O2/c1-15(2)14-25-7-6-21-17(25)13-22-19(20-3)24-10-8-23(9-11-24)18(26)16-5-4-12-27-16/h6-7,15-16H,4-5,8-14H2,1-3H3,(H,20,22). The van der Waals surface area contributed by atoms with Gasteiger partial charge in [0.1, 0.15) is 11.9 Å². The van der Waals surface area contributed by atoms with Gasteiger partial charge in [0.25, 0.3) is 5.91 Å². The molecule has 1 atom stereocenters. The molecule has 0 bridgehead atoms. The average Bonchev–Trinajstić information content (AvgIpc) is 3.34. The third kappa shape index (κ3) is 5.00. The Morgan fingerprint density at radius 2 is 2.07 bits per heavy atom. The Labute approximate surface area is 161 Å². The first-order valence-corrected chi connectivity index (χ1v) is 9.94. The van der Waals surface area contributed by atoms with Crippen molar-refractivity contribution in [1.29, 1.82) is 0 Å². The van der Waals surface area contributed by atoms with Gasteiger partial charge in [-0.2, -0.15) is 0 Å². The van der Waals surface area contributed by atoms with Crippen molar-refractivity contribution in [3.05, 3.63) is 18.2 Å². The molecule has 8 nitrogen and oxygen atoms in total. The number of ether oxygens (including phenoxy) is 1. The maximum absolute atomic E-state index is 12.5. The molecule has 2 saturated heterocycles. The molecule has 8 heteroatoms. The third-order valence-corrected chi connectivity index (χ3v) is 5.08. The summed E-state index contributed by atoms with van der Waals surface area (Å²) in [6.45, 7) is 9.68. The van der Waals surface area contributed by atoms with Gasteiger partial charge < -0.3 is 24.4 Å². The van der Waals surface area contributed by atoms with Crippen molar-refractivity contribution in [2.24, 2.45) is 10.9 Å². The zero-order chi connectivity index (χ0) is 19.2. The zero-order valence-corrected chi connectivity index (χ0v) is 16.7. The molecule has 2 aliphatic rings. The lowest BCUT2D eigenvalue weighted by molar-refractivity contribution is -0.142. The number of imidazole rings is 1. The maximum Gasteiger partial charge on any atom is 0.251 e. The van der Waals surface area contributed by atoms with E-state index < -0.39 is 0 Å².